The molecule has 21 heavy (non-hydrogen) atoms. The third-order valence-electron chi connectivity index (χ3n) is 2.61. The van der Waals surface area contributed by atoms with Gasteiger partial charge in [-0.3, -0.25) is 0 Å². The lowest BCUT2D eigenvalue weighted by Crippen LogP contribution is -1.97. The van der Waals surface area contributed by atoms with Crippen molar-refractivity contribution in [2.75, 3.05) is 0 Å². The molecule has 2 aromatic heterocycles. The Hall–Kier alpha value is -2.17. The zero-order valence-corrected chi connectivity index (χ0v) is 13.0. The Morgan fingerprint density at radius 2 is 2.10 bits per heavy atom. The number of nitrogens with zero attached hydrogens (tertiary/aromatic N) is 3. The standard InChI is InChI=1S/C14H8BrN3O2S/c15-12-6-5-11(21-12)14-18-17-13(20-14)8-19-10-4-2-1-3-9(10)7-16/h1-6H,8H2. The van der Waals surface area contributed by atoms with Crippen molar-refractivity contribution in [1.82, 2.24) is 10.2 Å². The van der Waals surface area contributed by atoms with Crippen molar-refractivity contribution in [3.63, 3.8) is 0 Å². The number of hydrogen-bond donors (Lipinski definition) is 0. The summed E-state index contributed by atoms with van der Waals surface area (Å²) < 4.78 is 12.1. The van der Waals surface area contributed by atoms with Crippen molar-refractivity contribution in [3.8, 4) is 22.6 Å². The number of hydrogen-bond acceptors (Lipinski definition) is 6. The van der Waals surface area contributed by atoms with Gasteiger partial charge in [0.2, 0.25) is 0 Å². The van der Waals surface area contributed by atoms with Crippen molar-refractivity contribution in [2.24, 2.45) is 0 Å². The Morgan fingerprint density at radius 3 is 2.86 bits per heavy atom. The van der Waals surface area contributed by atoms with E-state index in [0.29, 0.717) is 23.1 Å². The van der Waals surface area contributed by atoms with Gasteiger partial charge >= 0.3 is 0 Å². The van der Waals surface area contributed by atoms with Crippen LogP contribution in [-0.2, 0) is 6.61 Å². The van der Waals surface area contributed by atoms with E-state index in [2.05, 4.69) is 32.2 Å². The highest BCUT2D eigenvalue weighted by atomic mass is 79.9. The number of rotatable bonds is 4. The molecule has 104 valence electrons. The van der Waals surface area contributed by atoms with E-state index in [1.54, 1.807) is 24.3 Å². The fourth-order valence-electron chi connectivity index (χ4n) is 1.67. The average Bonchev–Trinajstić information content (AvgIpc) is 3.14. The summed E-state index contributed by atoms with van der Waals surface area (Å²) in [5.41, 5.74) is 0.472. The molecular weight excluding hydrogens is 354 g/mol. The smallest absolute Gasteiger partial charge is 0.257 e. The SMILES string of the molecule is N#Cc1ccccc1OCc1nnc(-c2ccc(Br)s2)o1. The van der Waals surface area contributed by atoms with Crippen LogP contribution in [0.3, 0.4) is 0 Å². The lowest BCUT2D eigenvalue weighted by atomic mass is 10.2. The van der Waals surface area contributed by atoms with Crippen LogP contribution < -0.4 is 4.74 Å². The summed E-state index contributed by atoms with van der Waals surface area (Å²) in [4.78, 5) is 0.887. The van der Waals surface area contributed by atoms with Crippen molar-refractivity contribution in [3.05, 3.63) is 51.6 Å². The minimum Gasteiger partial charge on any atom is -0.482 e. The van der Waals surface area contributed by atoms with E-state index in [0.717, 1.165) is 8.66 Å². The van der Waals surface area contributed by atoms with Crippen LogP contribution in [-0.4, -0.2) is 10.2 Å². The molecule has 0 aliphatic carbocycles. The maximum Gasteiger partial charge on any atom is 0.257 e. The molecule has 0 bridgehead atoms. The Labute approximate surface area is 132 Å². The zero-order valence-electron chi connectivity index (χ0n) is 10.6. The first-order valence-corrected chi connectivity index (χ1v) is 7.57. The molecule has 0 spiro atoms. The largest absolute Gasteiger partial charge is 0.482 e. The fourth-order valence-corrected chi connectivity index (χ4v) is 2.97. The van der Waals surface area contributed by atoms with Crippen LogP contribution in [0.4, 0.5) is 0 Å². The van der Waals surface area contributed by atoms with Crippen molar-refractivity contribution in [2.45, 2.75) is 6.61 Å². The monoisotopic (exact) mass is 361 g/mol. The molecule has 0 saturated carbocycles. The van der Waals surface area contributed by atoms with Gasteiger partial charge in [-0.15, -0.1) is 21.5 Å². The molecular formula is C14H8BrN3O2S. The van der Waals surface area contributed by atoms with Gasteiger partial charge in [-0.05, 0) is 40.2 Å². The fraction of sp³-hybridized carbons (Fsp3) is 0.0714. The van der Waals surface area contributed by atoms with E-state index in [1.165, 1.54) is 11.3 Å². The highest BCUT2D eigenvalue weighted by Gasteiger charge is 2.11. The second-order valence-corrected chi connectivity index (χ2v) is 6.46. The Bertz CT molecular complexity index is 806. The maximum atomic E-state index is 8.99. The van der Waals surface area contributed by atoms with Crippen LogP contribution in [0.2, 0.25) is 0 Å². The summed E-state index contributed by atoms with van der Waals surface area (Å²) in [6.07, 6.45) is 0. The highest BCUT2D eigenvalue weighted by molar-refractivity contribution is 9.11. The first-order valence-electron chi connectivity index (χ1n) is 5.96. The summed E-state index contributed by atoms with van der Waals surface area (Å²) in [5, 5.41) is 16.9. The highest BCUT2D eigenvalue weighted by Crippen LogP contribution is 2.30. The number of nitriles is 1. The summed E-state index contributed by atoms with van der Waals surface area (Å²) in [6.45, 7) is 0.123. The molecule has 0 aliphatic heterocycles. The maximum absolute atomic E-state index is 8.99. The quantitative estimate of drug-likeness (QED) is 0.701. The molecule has 0 amide bonds. The summed E-state index contributed by atoms with van der Waals surface area (Å²) in [5.74, 6) is 1.32. The number of ether oxygens (including phenoxy) is 1. The summed E-state index contributed by atoms with van der Waals surface area (Å²) in [6, 6.07) is 12.9. The molecule has 0 N–H and O–H groups in total. The molecule has 2 heterocycles. The molecule has 0 radical (unpaired) electrons. The van der Waals surface area contributed by atoms with Crippen LogP contribution in [0, 0.1) is 11.3 Å². The summed E-state index contributed by atoms with van der Waals surface area (Å²) in [7, 11) is 0. The minimum atomic E-state index is 0.123. The Morgan fingerprint density at radius 1 is 1.24 bits per heavy atom. The van der Waals surface area contributed by atoms with Crippen molar-refractivity contribution in [1.29, 1.82) is 5.26 Å². The van der Waals surface area contributed by atoms with Crippen LogP contribution in [0.15, 0.2) is 44.6 Å². The third kappa shape index (κ3) is 3.12. The van der Waals surface area contributed by atoms with E-state index in [9.17, 15) is 0 Å². The molecule has 0 unspecified atom stereocenters. The van der Waals surface area contributed by atoms with Gasteiger partial charge in [0, 0.05) is 0 Å². The molecule has 3 rings (SSSR count). The minimum absolute atomic E-state index is 0.123. The molecule has 0 atom stereocenters. The number of para-hydroxylation sites is 1. The van der Waals surface area contributed by atoms with Crippen LogP contribution in [0.1, 0.15) is 11.5 Å². The molecule has 3 aromatic rings. The first kappa shape index (κ1) is 13.8. The molecule has 5 nitrogen and oxygen atoms in total. The summed E-state index contributed by atoms with van der Waals surface area (Å²) >= 11 is 4.90. The normalized spacial score (nSPS) is 10.3. The Balaban J connectivity index is 1.72. The third-order valence-corrected chi connectivity index (χ3v) is 4.22. The van der Waals surface area contributed by atoms with Gasteiger partial charge in [0.15, 0.2) is 6.61 Å². The molecule has 0 aliphatic rings. The van der Waals surface area contributed by atoms with E-state index >= 15 is 0 Å². The Kier molecular flexibility index (Phi) is 3.99. The van der Waals surface area contributed by atoms with Crippen molar-refractivity contribution >= 4 is 27.3 Å². The van der Waals surface area contributed by atoms with Gasteiger partial charge in [0.05, 0.1) is 14.2 Å². The number of benzene rings is 1. The van der Waals surface area contributed by atoms with Crippen LogP contribution >= 0.6 is 27.3 Å². The van der Waals surface area contributed by atoms with Gasteiger partial charge in [-0.1, -0.05) is 12.1 Å². The molecule has 1 aromatic carbocycles. The predicted molar refractivity (Wildman–Crippen MR) is 80.8 cm³/mol. The lowest BCUT2D eigenvalue weighted by Gasteiger charge is -2.04. The van der Waals surface area contributed by atoms with Crippen LogP contribution in [0.5, 0.6) is 5.75 Å². The molecule has 0 fully saturated rings. The van der Waals surface area contributed by atoms with Gasteiger partial charge in [0.1, 0.15) is 11.8 Å². The average molecular weight is 362 g/mol. The zero-order chi connectivity index (χ0) is 14.7. The number of aromatic nitrogens is 2. The van der Waals surface area contributed by atoms with Gasteiger partial charge < -0.3 is 9.15 Å². The lowest BCUT2D eigenvalue weighted by molar-refractivity contribution is 0.264. The van der Waals surface area contributed by atoms with E-state index in [1.807, 2.05) is 12.1 Å². The van der Waals surface area contributed by atoms with E-state index in [-0.39, 0.29) is 6.61 Å². The van der Waals surface area contributed by atoms with Crippen LogP contribution in [0.25, 0.3) is 10.8 Å². The van der Waals surface area contributed by atoms with Crippen molar-refractivity contribution < 1.29 is 9.15 Å². The van der Waals surface area contributed by atoms with Gasteiger partial charge in [-0.25, -0.2) is 0 Å². The van der Waals surface area contributed by atoms with E-state index in [4.69, 9.17) is 14.4 Å². The van der Waals surface area contributed by atoms with Gasteiger partial charge in [-0.2, -0.15) is 5.26 Å². The molecule has 7 heteroatoms. The van der Waals surface area contributed by atoms with E-state index < -0.39 is 0 Å². The second-order valence-electron chi connectivity index (χ2n) is 4.00. The number of thiophene rings is 1. The molecule has 0 saturated heterocycles. The first-order chi connectivity index (χ1) is 10.3. The predicted octanol–water partition coefficient (Wildman–Crippen LogP) is 4.01. The second kappa shape index (κ2) is 6.08. The topological polar surface area (TPSA) is 71.9 Å². The van der Waals surface area contributed by atoms with Gasteiger partial charge in [0.25, 0.3) is 11.8 Å². The number of halogens is 1.